The minimum atomic E-state index is -1.27. The van der Waals surface area contributed by atoms with Gasteiger partial charge in [-0.15, -0.1) is 0 Å². The molecule has 6 rings (SSSR count). The number of anilines is 3. The number of aliphatic carboxylic acids is 6. The number of Topliss-reactive ketones (excluding diaryl/α,β-unsaturated/α-hetero) is 2. The number of carboxylic acids is 6. The molecule has 0 radical (unpaired) electrons. The van der Waals surface area contributed by atoms with Gasteiger partial charge in [0.15, 0.2) is 28.1 Å². The Balaban J connectivity index is -0.000000171. The molecule has 0 aliphatic carbocycles. The van der Waals surface area contributed by atoms with Gasteiger partial charge in [0.05, 0.1) is 49.7 Å². The van der Waals surface area contributed by atoms with Crippen molar-refractivity contribution < 1.29 is 163 Å². The Bertz CT molecular complexity index is 3950. The van der Waals surface area contributed by atoms with Crippen molar-refractivity contribution in [3.63, 3.8) is 0 Å². The van der Waals surface area contributed by atoms with Crippen LogP contribution >= 0.6 is 56.5 Å². The molecule has 0 fully saturated rings. The number of benzene rings is 2. The summed E-state index contributed by atoms with van der Waals surface area (Å²) >= 11 is -1.42. The van der Waals surface area contributed by atoms with Crippen LogP contribution in [0.3, 0.4) is 0 Å². The van der Waals surface area contributed by atoms with Crippen LogP contribution in [0.25, 0.3) is 59.2 Å². The normalized spacial score (nSPS) is 10.0. The van der Waals surface area contributed by atoms with Crippen molar-refractivity contribution in [2.45, 2.75) is 149 Å². The molecule has 4 heterocycles. The number of aryl methyl sites for hydroxylation is 2. The number of H-pyrrole nitrogens is 2. The number of hydrogen-bond acceptors (Lipinski definition) is 28. The molecule has 2 atom stereocenters. The molecule has 3 amide bonds. The standard InChI is InChI=1S/C24H26N6O7.C23H25N7O7.C12H21NO5.2C3H7NO2.6ClH.6H2N.2H2O.3Pt/c25-24-29-20-19(22(35)30-24)27-15(12-26-20)9-6-13-4-7-14(8-5-13)21(34)28-17(23(36)37)11-10-16(31)2-1-3-18(32)33;24-23-29-20-19(21(35)30-23)28-16(11-27-20)26-10-12-1-3-13(4-2-12)15(31)9-14(22(36)37)5-6-17(32)25-8-7-18(33)34;1-5-6-9(14)17-10(15)7-8-13-11(16)18-12(2,3)4;2*4-2-1-3(5)6;;;;;;;;;;;;;;;;;/h4-5,7-8,12,17H,1-3,6,9-11H2,(H,28,34)(H,32,33)(H,36,37)(H3,25,26,29,30,35);1-4,11,14H,5-10H2,(H,25,32)(H,26,28)(H,33,34)(H,36,37)(H3,24,27,29,30,35);5-8H2,1-4H3,(H,13,16);2*1-2,4H2,(H,5,6);6*1H;8*1H2;;;/q;;;;;;;;;;;6*-1;;;3*+4/p-6. The van der Waals surface area contributed by atoms with Gasteiger partial charge in [-0.25, -0.2) is 29.5 Å². The summed E-state index contributed by atoms with van der Waals surface area (Å²) in [6, 6.07) is 11.8. The van der Waals surface area contributed by atoms with Crippen molar-refractivity contribution in [3.8, 4) is 0 Å². The number of fused-ring (bicyclic) bond motifs is 2. The van der Waals surface area contributed by atoms with Crippen LogP contribution in [0.15, 0.2) is 70.5 Å². The molecule has 0 saturated heterocycles. The van der Waals surface area contributed by atoms with E-state index >= 15 is 0 Å². The Hall–Kier alpha value is -8.81. The topological polar surface area (TPSA) is 921 Å². The summed E-state index contributed by atoms with van der Waals surface area (Å²) in [5.74, 6) is -9.92. The number of amides is 3. The van der Waals surface area contributed by atoms with Gasteiger partial charge in [-0.05, 0) is 82.6 Å². The van der Waals surface area contributed by atoms with Gasteiger partial charge in [0.1, 0.15) is 23.2 Å². The summed E-state index contributed by atoms with van der Waals surface area (Å²) in [5, 5.41) is 61.9. The number of carboxylic acid groups (broad SMARTS) is 6. The minimum Gasteiger partial charge on any atom is -0.693 e. The van der Waals surface area contributed by atoms with Crippen molar-refractivity contribution in [3.05, 3.63) is 146 Å². The molecule has 0 bridgehead atoms. The van der Waals surface area contributed by atoms with E-state index in [-0.39, 0.29) is 209 Å². The maximum Gasteiger partial charge on any atom is -0.693 e. The molecular formula is C65H102Cl6N22O25Pt3. The summed E-state index contributed by atoms with van der Waals surface area (Å²) in [4.78, 5) is 198. The van der Waals surface area contributed by atoms with Crippen molar-refractivity contribution in [1.82, 2.24) is 55.8 Å². The summed E-state index contributed by atoms with van der Waals surface area (Å²) in [7, 11) is 29.2. The van der Waals surface area contributed by atoms with Gasteiger partial charge >= 0.3 is 160 Å². The largest absolute Gasteiger partial charge is 0.693 e. The van der Waals surface area contributed by atoms with Crippen molar-refractivity contribution in [2.75, 3.05) is 43.0 Å². The number of carbonyl (C=O) groups is 13. The minimum absolute atomic E-state index is 0. The van der Waals surface area contributed by atoms with Gasteiger partial charge in [-0.1, -0.05) is 43.3 Å². The van der Waals surface area contributed by atoms with E-state index in [4.69, 9.17) is 105 Å². The number of alkyl carbamates (subject to hydrolysis) is 1. The molecule has 0 spiro atoms. The molecule has 2 aromatic carbocycles. The average Bonchev–Trinajstić information content (AvgIpc) is 0.816. The molecule has 0 aliphatic rings. The molecule has 2 unspecified atom stereocenters. The van der Waals surface area contributed by atoms with Crippen molar-refractivity contribution in [2.24, 2.45) is 17.4 Å². The number of esters is 2. The molecule has 0 saturated carbocycles. The second kappa shape index (κ2) is 77.3. The molecule has 36 N–H and O–H groups in total. The third-order valence-electron chi connectivity index (χ3n) is 13.3. The SMILES string of the molecule is CCCC(=O)OC(=O)CCNC(=O)OC(C)(C)C.NCCC(=O)O.NCCC(=O)O.Nc1nc2ncc(CCc3ccc(C(=O)NC(CCC(=O)CCCC(=O)O)C(=O)O)cc3)nc2c(=O)[nH]1.Nc1nc2ncc(NCc3ccc(C(=O)CC(CCC(=O)NCCC(=O)O)C(=O)O)cc3)nc2c(=O)[nH]1.O.O.[Cl][Pt+2][Cl].[Cl][Pt+2][Cl].[Cl][Pt+2][Cl].[NH2-].[NH2-].[NH2-].[NH2-].[NH2-].[NH2-]. The van der Waals surface area contributed by atoms with Crippen LogP contribution < -0.4 is 55.3 Å². The van der Waals surface area contributed by atoms with Gasteiger partial charge in [-0.2, -0.15) is 9.97 Å². The third kappa shape index (κ3) is 66.5. The zero-order chi connectivity index (χ0) is 86.2. The number of rotatable bonds is 35. The van der Waals surface area contributed by atoms with Gasteiger partial charge in [-0.3, -0.25) is 72.3 Å². The smallest absolute Gasteiger partial charge is 0.693 e. The zero-order valence-electron chi connectivity index (χ0n) is 65.1. The van der Waals surface area contributed by atoms with Crippen LogP contribution in [0.1, 0.15) is 155 Å². The number of nitrogen functional groups attached to an aromatic ring is 2. The first kappa shape index (κ1) is 133. The summed E-state index contributed by atoms with van der Waals surface area (Å²) in [6.07, 6.45) is 3.46. The zero-order valence-corrected chi connectivity index (χ0v) is 76.4. The van der Waals surface area contributed by atoms with Crippen molar-refractivity contribution >= 4 is 174 Å². The number of aromatic amines is 2. The van der Waals surface area contributed by atoms with Crippen LogP contribution in [-0.4, -0.2) is 197 Å². The number of ketones is 2. The maximum atomic E-state index is 12.6. The van der Waals surface area contributed by atoms with Crippen molar-refractivity contribution in [1.29, 1.82) is 0 Å². The monoisotopic (exact) mass is 2390 g/mol. The Kier molecular flexibility index (Phi) is 84.8. The van der Waals surface area contributed by atoms with E-state index in [1.165, 1.54) is 12.4 Å². The molecular weight excluding hydrogens is 2290 g/mol. The fourth-order valence-electron chi connectivity index (χ4n) is 8.19. The second-order valence-electron chi connectivity index (χ2n) is 23.3. The molecule has 56 heteroatoms. The van der Waals surface area contributed by atoms with E-state index in [2.05, 4.69) is 65.9 Å². The number of carbonyl (C=O) groups excluding carboxylic acids is 7. The molecule has 6 aromatic rings. The van der Waals surface area contributed by atoms with E-state index in [9.17, 15) is 82.1 Å². The second-order valence-corrected chi connectivity index (χ2v) is 33.1. The van der Waals surface area contributed by atoms with Crippen LogP contribution in [0.2, 0.25) is 0 Å². The first-order chi connectivity index (χ1) is 53.3. The Morgan fingerprint density at radius 3 is 1.44 bits per heavy atom. The van der Waals surface area contributed by atoms with E-state index in [0.717, 1.165) is 11.1 Å². The number of nitrogens with zero attached hydrogens (tertiary/aromatic N) is 6. The predicted octanol–water partition coefficient (Wildman–Crippen LogP) is 8.81. The Morgan fingerprint density at radius 2 is 0.992 bits per heavy atom. The summed E-state index contributed by atoms with van der Waals surface area (Å²) in [6.45, 7) is 7.83. The van der Waals surface area contributed by atoms with Gasteiger partial charge in [0.25, 0.3) is 17.0 Å². The first-order valence-corrected chi connectivity index (χ1v) is 49.7. The number of ether oxygens (including phenoxy) is 2. The number of nitrogens with two attached hydrogens (primary N) is 10. The molecule has 0 aliphatic heterocycles. The number of nitrogens with one attached hydrogen (secondary N) is 6. The molecule has 694 valence electrons. The maximum absolute atomic E-state index is 12.6. The first-order valence-electron chi connectivity index (χ1n) is 32.8. The van der Waals surface area contributed by atoms with E-state index in [1.807, 2.05) is 6.92 Å². The fourth-order valence-corrected chi connectivity index (χ4v) is 8.19. The van der Waals surface area contributed by atoms with Gasteiger partial charge in [0, 0.05) is 82.4 Å². The van der Waals surface area contributed by atoms with E-state index < -0.39 is 144 Å². The van der Waals surface area contributed by atoms with Crippen LogP contribution in [0, 0.1) is 5.92 Å². The van der Waals surface area contributed by atoms with Gasteiger partial charge < -0.3 is 132 Å². The van der Waals surface area contributed by atoms with Crippen LogP contribution in [0.4, 0.5) is 22.5 Å². The summed E-state index contributed by atoms with van der Waals surface area (Å²) in [5.41, 5.74) is 22.3. The fraction of sp³-hybridized carbons (Fsp3) is 0.431. The van der Waals surface area contributed by atoms with Gasteiger partial charge in [0.2, 0.25) is 17.8 Å². The quantitative estimate of drug-likeness (QED) is 0.0100. The number of aromatic nitrogens is 8. The van der Waals surface area contributed by atoms with E-state index in [0.29, 0.717) is 42.9 Å². The molecule has 47 nitrogen and oxygen atoms in total. The van der Waals surface area contributed by atoms with Crippen LogP contribution in [-0.2, 0) is 126 Å². The predicted molar refractivity (Wildman–Crippen MR) is 443 cm³/mol. The molecule has 4 aromatic heterocycles. The summed E-state index contributed by atoms with van der Waals surface area (Å²) < 4.78 is 9.47. The molecule has 121 heavy (non-hydrogen) atoms. The van der Waals surface area contributed by atoms with E-state index in [1.54, 1.807) is 69.3 Å². The Morgan fingerprint density at radius 1 is 0.537 bits per heavy atom. The Labute approximate surface area is 742 Å². The number of halogens is 6. The number of hydrogen-bond donors (Lipinski definition) is 16. The van der Waals surface area contributed by atoms with Crippen LogP contribution in [0.5, 0.6) is 0 Å². The third-order valence-corrected chi connectivity index (χ3v) is 13.3. The average molecular weight is 2390 g/mol.